The van der Waals surface area contributed by atoms with Gasteiger partial charge < -0.3 is 34.5 Å². The first-order valence-corrected chi connectivity index (χ1v) is 13.7. The molecular formula is C29H34F2N6O5. The van der Waals surface area contributed by atoms with E-state index in [1.807, 2.05) is 4.90 Å². The van der Waals surface area contributed by atoms with Gasteiger partial charge in [-0.2, -0.15) is 0 Å². The van der Waals surface area contributed by atoms with E-state index in [9.17, 15) is 4.79 Å². The first-order chi connectivity index (χ1) is 20.4. The molecule has 2 aromatic heterocycles. The molecule has 0 radical (unpaired) electrons. The molecule has 0 aliphatic carbocycles. The van der Waals surface area contributed by atoms with Gasteiger partial charge in [-0.3, -0.25) is 4.79 Å². The van der Waals surface area contributed by atoms with E-state index in [0.717, 1.165) is 18.9 Å². The topological polar surface area (TPSA) is 120 Å². The molecule has 2 N–H and O–H groups in total. The van der Waals surface area contributed by atoms with Crippen LogP contribution in [0.4, 0.5) is 20.5 Å². The quantitative estimate of drug-likeness (QED) is 0.362. The molecular weight excluding hydrogens is 550 g/mol. The second-order valence-electron chi connectivity index (χ2n) is 10.1. The van der Waals surface area contributed by atoms with Gasteiger partial charge in [0.05, 0.1) is 50.3 Å². The summed E-state index contributed by atoms with van der Waals surface area (Å²) in [6.45, 7) is 5.59. The average molecular weight is 585 g/mol. The minimum absolute atomic E-state index is 0.0516. The van der Waals surface area contributed by atoms with Gasteiger partial charge in [0, 0.05) is 44.5 Å². The number of carbonyl (C=O) groups excluding carboxylic acids is 1. The summed E-state index contributed by atoms with van der Waals surface area (Å²) in [5.41, 5.74) is 0.186. The van der Waals surface area contributed by atoms with Gasteiger partial charge in [0.15, 0.2) is 29.0 Å². The number of halogens is 2. The number of aromatic nitrogens is 3. The number of piperidine rings is 1. The Labute approximate surface area is 242 Å². The number of nitrogens with one attached hydrogen (secondary N) is 2. The van der Waals surface area contributed by atoms with E-state index in [1.54, 1.807) is 19.4 Å². The molecule has 0 saturated carbocycles. The van der Waals surface area contributed by atoms with Crippen LogP contribution in [0, 0.1) is 11.6 Å². The minimum Gasteiger partial charge on any atom is -0.494 e. The van der Waals surface area contributed by atoms with Crippen LogP contribution in [-0.2, 0) is 14.3 Å². The number of amides is 1. The summed E-state index contributed by atoms with van der Waals surface area (Å²) in [5, 5.41) is 6.74. The van der Waals surface area contributed by atoms with Crippen LogP contribution in [0.1, 0.15) is 19.3 Å². The molecule has 0 spiro atoms. The van der Waals surface area contributed by atoms with Crippen LogP contribution in [-0.4, -0.2) is 86.7 Å². The molecule has 2 atom stereocenters. The highest BCUT2D eigenvalue weighted by atomic mass is 19.1. The predicted octanol–water partition coefficient (Wildman–Crippen LogP) is 3.47. The summed E-state index contributed by atoms with van der Waals surface area (Å²) in [5.74, 6) is -1.64. The van der Waals surface area contributed by atoms with Crippen LogP contribution < -0.4 is 25.0 Å². The van der Waals surface area contributed by atoms with Gasteiger partial charge in [0.2, 0.25) is 11.9 Å². The Morgan fingerprint density at radius 2 is 1.79 bits per heavy atom. The van der Waals surface area contributed by atoms with Gasteiger partial charge in [-0.1, -0.05) is 6.58 Å². The van der Waals surface area contributed by atoms with Gasteiger partial charge in [0.25, 0.3) is 0 Å². The van der Waals surface area contributed by atoms with Crippen LogP contribution in [0.15, 0.2) is 31.0 Å². The van der Waals surface area contributed by atoms with Gasteiger partial charge >= 0.3 is 0 Å². The van der Waals surface area contributed by atoms with Crippen LogP contribution in [0.25, 0.3) is 22.2 Å². The van der Waals surface area contributed by atoms with Crippen LogP contribution in [0.5, 0.6) is 11.5 Å². The summed E-state index contributed by atoms with van der Waals surface area (Å²) in [6, 6.07) is 2.19. The number of rotatable bonds is 9. The zero-order valence-corrected chi connectivity index (χ0v) is 23.8. The van der Waals surface area contributed by atoms with Gasteiger partial charge in [-0.05, 0) is 31.4 Å². The Hall–Kier alpha value is -4.10. The second-order valence-corrected chi connectivity index (χ2v) is 10.1. The molecule has 2 fully saturated rings. The van der Waals surface area contributed by atoms with E-state index in [0.29, 0.717) is 55.4 Å². The summed E-state index contributed by atoms with van der Waals surface area (Å²) < 4.78 is 52.5. The molecule has 3 aromatic rings. The molecule has 2 aliphatic heterocycles. The number of nitrogens with zero attached hydrogens (tertiary/aromatic N) is 4. The van der Waals surface area contributed by atoms with Crippen molar-refractivity contribution in [3.8, 4) is 22.8 Å². The number of ether oxygens (including phenoxy) is 4. The molecule has 11 nitrogen and oxygen atoms in total. The highest BCUT2D eigenvalue weighted by molar-refractivity contribution is 5.92. The fourth-order valence-electron chi connectivity index (χ4n) is 5.31. The first kappa shape index (κ1) is 29.4. The minimum atomic E-state index is -0.893. The Morgan fingerprint density at radius 1 is 1.07 bits per heavy atom. The van der Waals surface area contributed by atoms with Crippen molar-refractivity contribution in [3.05, 3.63) is 42.6 Å². The molecule has 0 bridgehead atoms. The average Bonchev–Trinajstić information content (AvgIpc) is 3.02. The van der Waals surface area contributed by atoms with Crippen LogP contribution in [0.3, 0.4) is 0 Å². The van der Waals surface area contributed by atoms with Crippen LogP contribution >= 0.6 is 0 Å². The van der Waals surface area contributed by atoms with Crippen molar-refractivity contribution in [3.63, 3.8) is 0 Å². The van der Waals surface area contributed by atoms with E-state index in [-0.39, 0.29) is 46.9 Å². The molecule has 2 aliphatic rings. The Balaban J connectivity index is 1.59. The zero-order valence-electron chi connectivity index (χ0n) is 23.8. The number of carbonyl (C=O) groups is 1. The third kappa shape index (κ3) is 5.93. The SMILES string of the molecule is C=CC(=O)N[C@H]1CCOC[C@H]1Nc1ncc2cc(-c3c(F)c(OC)cc(OC)c3F)nc(N3CCC(OC)CC3)c2n1. The summed E-state index contributed by atoms with van der Waals surface area (Å²) in [7, 11) is 4.28. The van der Waals surface area contributed by atoms with Crippen molar-refractivity contribution in [2.24, 2.45) is 0 Å². The maximum Gasteiger partial charge on any atom is 0.243 e. The number of methoxy groups -OCH3 is 3. The highest BCUT2D eigenvalue weighted by Gasteiger charge is 2.29. The number of anilines is 2. The van der Waals surface area contributed by atoms with Crippen LogP contribution in [0.2, 0.25) is 0 Å². The fraction of sp³-hybridized carbons (Fsp3) is 0.448. The van der Waals surface area contributed by atoms with E-state index in [1.165, 1.54) is 20.3 Å². The summed E-state index contributed by atoms with van der Waals surface area (Å²) >= 11 is 0. The number of benzene rings is 1. The van der Waals surface area contributed by atoms with Gasteiger partial charge in [-0.25, -0.2) is 23.7 Å². The van der Waals surface area contributed by atoms with Crippen molar-refractivity contribution in [1.82, 2.24) is 20.3 Å². The third-order valence-corrected chi connectivity index (χ3v) is 7.64. The number of pyridine rings is 1. The Kier molecular flexibility index (Phi) is 8.97. The summed E-state index contributed by atoms with van der Waals surface area (Å²) in [6.07, 6.45) is 5.02. The number of hydrogen-bond donors (Lipinski definition) is 2. The Bertz CT molecular complexity index is 1440. The third-order valence-electron chi connectivity index (χ3n) is 7.64. The molecule has 4 heterocycles. The Morgan fingerprint density at radius 3 is 2.43 bits per heavy atom. The lowest BCUT2D eigenvalue weighted by molar-refractivity contribution is -0.117. The maximum atomic E-state index is 15.5. The zero-order chi connectivity index (χ0) is 29.8. The standard InChI is InChI=1S/C29H34F2N6O5/c1-5-23(38)33-18-8-11-42-15-20(18)35-29-32-14-16-12-19(24-25(30)21(40-3)13-22(41-4)26(24)31)34-28(27(16)36-29)37-9-6-17(39-2)7-10-37/h5,12-14,17-18,20H,1,6-11,15H2,2-4H3,(H,33,38)(H,32,35,36)/t18-,20+/m0/s1. The van der Waals surface area contributed by atoms with E-state index in [4.69, 9.17) is 28.9 Å². The van der Waals surface area contributed by atoms with Gasteiger partial charge in [-0.15, -0.1) is 0 Å². The fourth-order valence-corrected chi connectivity index (χ4v) is 5.31. The molecule has 13 heteroatoms. The largest absolute Gasteiger partial charge is 0.494 e. The lowest BCUT2D eigenvalue weighted by Gasteiger charge is -2.33. The lowest BCUT2D eigenvalue weighted by Crippen LogP contribution is -2.52. The summed E-state index contributed by atoms with van der Waals surface area (Å²) in [4.78, 5) is 28.0. The number of hydrogen-bond acceptors (Lipinski definition) is 10. The van der Waals surface area contributed by atoms with E-state index < -0.39 is 11.6 Å². The molecule has 42 heavy (non-hydrogen) atoms. The highest BCUT2D eigenvalue weighted by Crippen LogP contribution is 2.39. The van der Waals surface area contributed by atoms with Crippen molar-refractivity contribution >= 4 is 28.6 Å². The number of fused-ring (bicyclic) bond motifs is 1. The molecule has 224 valence electrons. The maximum absolute atomic E-state index is 15.5. The van der Waals surface area contributed by atoms with Crippen molar-refractivity contribution in [1.29, 1.82) is 0 Å². The lowest BCUT2D eigenvalue weighted by atomic mass is 10.0. The monoisotopic (exact) mass is 584 g/mol. The second kappa shape index (κ2) is 12.8. The first-order valence-electron chi connectivity index (χ1n) is 13.7. The van der Waals surface area contributed by atoms with E-state index in [2.05, 4.69) is 22.2 Å². The molecule has 2 saturated heterocycles. The van der Waals surface area contributed by atoms with Gasteiger partial charge in [0.1, 0.15) is 5.52 Å². The molecule has 1 amide bonds. The molecule has 5 rings (SSSR count). The van der Waals surface area contributed by atoms with Crippen molar-refractivity contribution in [2.45, 2.75) is 37.5 Å². The normalized spacial score (nSPS) is 19.4. The smallest absolute Gasteiger partial charge is 0.243 e. The van der Waals surface area contributed by atoms with E-state index >= 15 is 8.78 Å². The molecule has 1 aromatic carbocycles. The van der Waals surface area contributed by atoms with Crippen molar-refractivity contribution < 1.29 is 32.5 Å². The predicted molar refractivity (Wildman–Crippen MR) is 153 cm³/mol. The van der Waals surface area contributed by atoms with Crippen molar-refractivity contribution in [2.75, 3.05) is 57.8 Å². The molecule has 0 unspecified atom stereocenters.